The highest BCUT2D eigenvalue weighted by atomic mass is 15.2. The minimum absolute atomic E-state index is 0.0771. The number of nitrogens with zero attached hydrogens (tertiary/aromatic N) is 2. The Labute approximate surface area is 295 Å². The van der Waals surface area contributed by atoms with Crippen LogP contribution in [0.4, 0.5) is 34.1 Å². The molecule has 0 fully saturated rings. The standard InChI is InChI=1S/C48H40N2/c1-47(2)41-23-12-11-22-39(41)40-28-27-38(32-44(40)47)49(35-17-7-5-8-18-35)37-21-15-16-33(30-37)34-26-29-43-46(31-34)50(36-19-9-6-10-20-36)45-25-14-13-24-42(45)48(43,3)4/h5-32H,1-4H3. The third kappa shape index (κ3) is 4.63. The molecule has 50 heavy (non-hydrogen) atoms. The van der Waals surface area contributed by atoms with Gasteiger partial charge in [-0.15, -0.1) is 0 Å². The molecule has 7 aromatic carbocycles. The Morgan fingerprint density at radius 1 is 0.380 bits per heavy atom. The van der Waals surface area contributed by atoms with E-state index in [4.69, 9.17) is 0 Å². The summed E-state index contributed by atoms with van der Waals surface area (Å²) in [5, 5.41) is 0. The van der Waals surface area contributed by atoms with Crippen molar-refractivity contribution < 1.29 is 0 Å². The van der Waals surface area contributed by atoms with Gasteiger partial charge in [-0.2, -0.15) is 0 Å². The van der Waals surface area contributed by atoms with Gasteiger partial charge in [-0.25, -0.2) is 0 Å². The van der Waals surface area contributed by atoms with E-state index in [1.165, 1.54) is 61.6 Å². The number of rotatable bonds is 5. The summed E-state index contributed by atoms with van der Waals surface area (Å²) in [6, 6.07) is 62.3. The van der Waals surface area contributed by atoms with Crippen molar-refractivity contribution in [3.8, 4) is 22.3 Å². The molecule has 2 aliphatic rings. The lowest BCUT2D eigenvalue weighted by Crippen LogP contribution is -2.30. The number of hydrogen-bond donors (Lipinski definition) is 0. The van der Waals surface area contributed by atoms with E-state index >= 15 is 0 Å². The zero-order valence-corrected chi connectivity index (χ0v) is 29.1. The van der Waals surface area contributed by atoms with Gasteiger partial charge in [0, 0.05) is 33.6 Å². The summed E-state index contributed by atoms with van der Waals surface area (Å²) in [6.07, 6.45) is 0. The average Bonchev–Trinajstić information content (AvgIpc) is 3.38. The number of para-hydroxylation sites is 3. The van der Waals surface area contributed by atoms with Crippen LogP contribution in [0, 0.1) is 0 Å². The predicted octanol–water partition coefficient (Wildman–Crippen LogP) is 13.2. The molecule has 0 unspecified atom stereocenters. The van der Waals surface area contributed by atoms with E-state index < -0.39 is 0 Å². The monoisotopic (exact) mass is 644 g/mol. The van der Waals surface area contributed by atoms with Gasteiger partial charge >= 0.3 is 0 Å². The van der Waals surface area contributed by atoms with Gasteiger partial charge in [0.2, 0.25) is 0 Å². The molecule has 1 aliphatic heterocycles. The highest BCUT2D eigenvalue weighted by Crippen LogP contribution is 2.53. The maximum absolute atomic E-state index is 2.43. The molecule has 0 saturated heterocycles. The van der Waals surface area contributed by atoms with E-state index in [0.717, 1.165) is 17.1 Å². The molecule has 2 nitrogen and oxygen atoms in total. The second-order valence-corrected chi connectivity index (χ2v) is 14.7. The van der Waals surface area contributed by atoms with Crippen molar-refractivity contribution in [3.63, 3.8) is 0 Å². The van der Waals surface area contributed by atoms with Gasteiger partial charge in [-0.3, -0.25) is 0 Å². The van der Waals surface area contributed by atoms with Crippen molar-refractivity contribution in [3.05, 3.63) is 192 Å². The normalized spacial score (nSPS) is 14.7. The van der Waals surface area contributed by atoms with Gasteiger partial charge in [-0.05, 0) is 105 Å². The molecule has 1 aliphatic carbocycles. The zero-order valence-electron chi connectivity index (χ0n) is 29.1. The largest absolute Gasteiger partial charge is 0.310 e. The molecule has 9 rings (SSSR count). The number of benzene rings is 7. The summed E-state index contributed by atoms with van der Waals surface area (Å²) in [6.45, 7) is 9.40. The smallest absolute Gasteiger partial charge is 0.0508 e. The van der Waals surface area contributed by atoms with Crippen LogP contribution in [0.3, 0.4) is 0 Å². The molecule has 0 spiro atoms. The Morgan fingerprint density at radius 2 is 0.960 bits per heavy atom. The Balaban J connectivity index is 1.18. The van der Waals surface area contributed by atoms with Crippen LogP contribution in [-0.2, 0) is 10.8 Å². The molecular weight excluding hydrogens is 605 g/mol. The van der Waals surface area contributed by atoms with Gasteiger partial charge in [0.1, 0.15) is 0 Å². The molecule has 0 aromatic heterocycles. The first kappa shape index (κ1) is 30.2. The van der Waals surface area contributed by atoms with Crippen LogP contribution < -0.4 is 9.80 Å². The lowest BCUT2D eigenvalue weighted by molar-refractivity contribution is 0.632. The van der Waals surface area contributed by atoms with Crippen molar-refractivity contribution >= 4 is 34.1 Å². The lowest BCUT2D eigenvalue weighted by atomic mass is 9.73. The Kier molecular flexibility index (Phi) is 6.86. The van der Waals surface area contributed by atoms with Crippen LogP contribution in [0.2, 0.25) is 0 Å². The molecule has 242 valence electrons. The molecule has 0 atom stereocenters. The Morgan fingerprint density at radius 3 is 1.76 bits per heavy atom. The molecule has 1 heterocycles. The van der Waals surface area contributed by atoms with Crippen LogP contribution in [0.5, 0.6) is 0 Å². The van der Waals surface area contributed by atoms with E-state index in [0.29, 0.717) is 0 Å². The van der Waals surface area contributed by atoms with E-state index in [1.807, 2.05) is 0 Å². The summed E-state index contributed by atoms with van der Waals surface area (Å²) in [4.78, 5) is 4.83. The summed E-state index contributed by atoms with van der Waals surface area (Å²) in [5.74, 6) is 0. The Hall–Kier alpha value is -5.86. The van der Waals surface area contributed by atoms with E-state index in [2.05, 4.69) is 207 Å². The van der Waals surface area contributed by atoms with Crippen LogP contribution in [0.15, 0.2) is 170 Å². The maximum Gasteiger partial charge on any atom is 0.0508 e. The number of hydrogen-bond acceptors (Lipinski definition) is 2. The molecule has 0 saturated carbocycles. The summed E-state index contributed by atoms with van der Waals surface area (Å²) in [5.41, 5.74) is 17.3. The van der Waals surface area contributed by atoms with Crippen molar-refractivity contribution in [1.82, 2.24) is 0 Å². The maximum atomic E-state index is 2.43. The average molecular weight is 645 g/mol. The van der Waals surface area contributed by atoms with Gasteiger partial charge in [0.05, 0.1) is 11.4 Å². The Bertz CT molecular complexity index is 2390. The fraction of sp³-hybridized carbons (Fsp3) is 0.125. The van der Waals surface area contributed by atoms with Gasteiger partial charge in [0.25, 0.3) is 0 Å². The first-order chi connectivity index (χ1) is 24.3. The van der Waals surface area contributed by atoms with Crippen molar-refractivity contribution in [2.75, 3.05) is 9.80 Å². The van der Waals surface area contributed by atoms with Crippen LogP contribution in [-0.4, -0.2) is 0 Å². The molecule has 2 heteroatoms. The van der Waals surface area contributed by atoms with Crippen LogP contribution in [0.1, 0.15) is 49.9 Å². The fourth-order valence-electron chi connectivity index (χ4n) is 8.43. The van der Waals surface area contributed by atoms with Gasteiger partial charge in [0.15, 0.2) is 0 Å². The molecule has 0 amide bonds. The molecule has 0 bridgehead atoms. The predicted molar refractivity (Wildman–Crippen MR) is 211 cm³/mol. The summed E-state index contributed by atoms with van der Waals surface area (Å²) in [7, 11) is 0. The first-order valence-corrected chi connectivity index (χ1v) is 17.6. The second-order valence-electron chi connectivity index (χ2n) is 14.7. The van der Waals surface area contributed by atoms with Crippen molar-refractivity contribution in [2.45, 2.75) is 38.5 Å². The molecule has 7 aromatic rings. The second kappa shape index (κ2) is 11.4. The highest BCUT2D eigenvalue weighted by molar-refractivity contribution is 5.90. The molecule has 0 radical (unpaired) electrons. The lowest BCUT2D eigenvalue weighted by Gasteiger charge is -2.42. The molecule has 0 N–H and O–H groups in total. The van der Waals surface area contributed by atoms with E-state index in [1.54, 1.807) is 0 Å². The minimum atomic E-state index is -0.136. The third-order valence-electron chi connectivity index (χ3n) is 11.0. The van der Waals surface area contributed by atoms with Crippen LogP contribution in [0.25, 0.3) is 22.3 Å². The third-order valence-corrected chi connectivity index (χ3v) is 11.0. The highest BCUT2D eigenvalue weighted by Gasteiger charge is 2.37. The number of anilines is 6. The topological polar surface area (TPSA) is 6.48 Å². The minimum Gasteiger partial charge on any atom is -0.310 e. The summed E-state index contributed by atoms with van der Waals surface area (Å²) < 4.78 is 0. The van der Waals surface area contributed by atoms with Gasteiger partial charge in [-0.1, -0.05) is 137 Å². The summed E-state index contributed by atoms with van der Waals surface area (Å²) >= 11 is 0. The van der Waals surface area contributed by atoms with Crippen molar-refractivity contribution in [2.24, 2.45) is 0 Å². The first-order valence-electron chi connectivity index (χ1n) is 17.6. The SMILES string of the molecule is CC1(C)c2ccccc2-c2ccc(N(c3ccccc3)c3cccc(-c4ccc5c(c4)N(c4ccccc4)c4ccccc4C5(C)C)c3)cc21. The quantitative estimate of drug-likeness (QED) is 0.184. The number of fused-ring (bicyclic) bond motifs is 5. The van der Waals surface area contributed by atoms with E-state index in [9.17, 15) is 0 Å². The van der Waals surface area contributed by atoms with Gasteiger partial charge < -0.3 is 9.80 Å². The molecular formula is C48H40N2. The van der Waals surface area contributed by atoms with Crippen molar-refractivity contribution in [1.29, 1.82) is 0 Å². The zero-order chi connectivity index (χ0) is 34.0. The van der Waals surface area contributed by atoms with Crippen LogP contribution >= 0.6 is 0 Å². The fourth-order valence-corrected chi connectivity index (χ4v) is 8.43. The van der Waals surface area contributed by atoms with E-state index in [-0.39, 0.29) is 10.8 Å².